The zero-order valence-corrected chi connectivity index (χ0v) is 19.3. The Bertz CT molecular complexity index is 1450. The number of benzene rings is 4. The molecule has 4 aromatic carbocycles. The molecular weight excluding hydrogens is 477 g/mol. The van der Waals surface area contributed by atoms with Crippen LogP contribution in [0, 0.1) is 11.6 Å². The molecule has 3 heteroatoms. The predicted octanol–water partition coefficient (Wildman–Crippen LogP) is 6.88. The maximum absolute atomic E-state index is 13.8. The topological polar surface area (TPSA) is 0 Å². The zero-order valence-electron chi connectivity index (χ0n) is 17.6. The summed E-state index contributed by atoms with van der Waals surface area (Å²) in [7, 11) is 0. The van der Waals surface area contributed by atoms with Gasteiger partial charge in [-0.1, -0.05) is 0 Å². The fourth-order valence-electron chi connectivity index (χ4n) is 5.78. The zero-order chi connectivity index (χ0) is 22.2. The van der Waals surface area contributed by atoms with Crippen LogP contribution in [-0.4, -0.2) is 15.0 Å². The van der Waals surface area contributed by atoms with Crippen molar-refractivity contribution in [2.45, 2.75) is 10.2 Å². The summed E-state index contributed by atoms with van der Waals surface area (Å²) in [6.45, 7) is 0. The van der Waals surface area contributed by atoms with Gasteiger partial charge in [-0.05, 0) is 0 Å². The molecule has 0 unspecified atom stereocenters. The van der Waals surface area contributed by atoms with Crippen LogP contribution in [-0.2, 0) is 4.31 Å². The van der Waals surface area contributed by atoms with Gasteiger partial charge in [-0.15, -0.1) is 0 Å². The normalized spacial score (nSPS) is 22.0. The van der Waals surface area contributed by atoms with Gasteiger partial charge in [-0.25, -0.2) is 0 Å². The van der Waals surface area contributed by atoms with Gasteiger partial charge in [0.2, 0.25) is 0 Å². The quantitative estimate of drug-likeness (QED) is 0.266. The van der Waals surface area contributed by atoms with E-state index in [-0.39, 0.29) is 36.8 Å². The first-order valence-corrected chi connectivity index (χ1v) is 12.7. The molecule has 0 nitrogen and oxygen atoms in total. The van der Waals surface area contributed by atoms with E-state index >= 15 is 0 Å². The molecule has 0 amide bonds. The van der Waals surface area contributed by atoms with Gasteiger partial charge < -0.3 is 0 Å². The molecular formula is C30H18F2Se. The molecule has 0 saturated carbocycles. The predicted molar refractivity (Wildman–Crippen MR) is 129 cm³/mol. The van der Waals surface area contributed by atoms with Crippen LogP contribution in [0.4, 0.5) is 8.78 Å². The number of hydrogen-bond donors (Lipinski definition) is 0. The summed E-state index contributed by atoms with van der Waals surface area (Å²) in [6, 6.07) is 31.4. The molecule has 1 spiro atoms. The monoisotopic (exact) mass is 496 g/mol. The Morgan fingerprint density at radius 1 is 0.606 bits per heavy atom. The Balaban J connectivity index is 1.57. The van der Waals surface area contributed by atoms with Gasteiger partial charge in [0.05, 0.1) is 0 Å². The molecule has 1 heterocycles. The second kappa shape index (κ2) is 6.87. The van der Waals surface area contributed by atoms with Crippen LogP contribution in [0.25, 0.3) is 10.0 Å². The average Bonchev–Trinajstić information content (AvgIpc) is 3.27. The van der Waals surface area contributed by atoms with E-state index in [0.29, 0.717) is 0 Å². The Morgan fingerprint density at radius 2 is 1.12 bits per heavy atom. The molecule has 1 aliphatic heterocycles. The van der Waals surface area contributed by atoms with Gasteiger partial charge in [0, 0.05) is 0 Å². The van der Waals surface area contributed by atoms with E-state index in [0.717, 1.165) is 11.1 Å². The van der Waals surface area contributed by atoms with E-state index in [1.165, 1.54) is 37.9 Å². The first-order chi connectivity index (χ1) is 16.2. The molecule has 3 aliphatic carbocycles. The van der Waals surface area contributed by atoms with Crippen molar-refractivity contribution in [1.29, 1.82) is 0 Å². The van der Waals surface area contributed by atoms with Crippen molar-refractivity contribution in [3.05, 3.63) is 154 Å². The molecule has 0 N–H and O–H groups in total. The molecule has 2 bridgehead atoms. The van der Waals surface area contributed by atoms with Gasteiger partial charge >= 0.3 is 198 Å². The molecule has 0 fully saturated rings. The maximum atomic E-state index is 13.8. The minimum absolute atomic E-state index is 0.0586. The Hall–Kier alpha value is -3.26. The van der Waals surface area contributed by atoms with Crippen molar-refractivity contribution in [3.8, 4) is 0 Å². The third kappa shape index (κ3) is 2.55. The number of rotatable bonds is 2. The summed E-state index contributed by atoms with van der Waals surface area (Å²) in [4.78, 5) is 0. The van der Waals surface area contributed by atoms with E-state index in [9.17, 15) is 8.78 Å². The number of allylic oxidation sites excluding steroid dienone is 3. The molecule has 0 aromatic heterocycles. The van der Waals surface area contributed by atoms with Gasteiger partial charge in [0.15, 0.2) is 0 Å². The van der Waals surface area contributed by atoms with Crippen LogP contribution in [0.3, 0.4) is 0 Å². The van der Waals surface area contributed by atoms with Gasteiger partial charge in [0.25, 0.3) is 0 Å². The molecule has 33 heavy (non-hydrogen) atoms. The Morgan fingerprint density at radius 3 is 1.70 bits per heavy atom. The van der Waals surface area contributed by atoms with Gasteiger partial charge in [-0.2, -0.15) is 0 Å². The molecule has 4 aliphatic rings. The van der Waals surface area contributed by atoms with E-state index < -0.39 is 0 Å². The summed E-state index contributed by atoms with van der Waals surface area (Å²) < 4.78 is 28.6. The van der Waals surface area contributed by atoms with Crippen LogP contribution < -0.4 is 0 Å². The fraction of sp³-hybridized carbons (Fsp3) is 0.0667. The van der Waals surface area contributed by atoms with E-state index in [1.54, 1.807) is 24.3 Å². The van der Waals surface area contributed by atoms with Gasteiger partial charge in [0.1, 0.15) is 0 Å². The summed E-state index contributed by atoms with van der Waals surface area (Å²) >= 11 is 0.0586. The Labute approximate surface area is 197 Å². The first kappa shape index (κ1) is 19.2. The molecule has 0 radical (unpaired) electrons. The second-order valence-corrected chi connectivity index (χ2v) is 11.4. The summed E-state index contributed by atoms with van der Waals surface area (Å²) in [6.07, 6.45) is 2.34. The standard InChI is InChI=1S/C30H18F2Se/c31-20-13-9-18(10-14-20)27-17-26-28(19-11-15-21(32)16-12-19)29-22-5-1-3-7-24(22)30(26,33-27)25-8-4-2-6-23(25)29/h1-17,29H. The summed E-state index contributed by atoms with van der Waals surface area (Å²) in [5, 5.41) is 0. The second-order valence-electron chi connectivity index (χ2n) is 8.74. The van der Waals surface area contributed by atoms with E-state index in [2.05, 4.69) is 54.6 Å². The molecule has 0 atom stereocenters. The summed E-state index contributed by atoms with van der Waals surface area (Å²) in [5.74, 6) is -0.332. The first-order valence-electron chi connectivity index (χ1n) is 11.0. The van der Waals surface area contributed by atoms with Crippen LogP contribution in [0.2, 0.25) is 0 Å². The van der Waals surface area contributed by atoms with Crippen LogP contribution in [0.5, 0.6) is 0 Å². The van der Waals surface area contributed by atoms with Crippen LogP contribution in [0.15, 0.2) is 109 Å². The fourth-order valence-corrected chi connectivity index (χ4v) is 9.20. The molecule has 158 valence electrons. The SMILES string of the molecule is Fc1ccc(C2=CC3=C(c4ccc(F)cc4)C4c5ccccc5C3([Se]2)c2ccccc24)cc1. The van der Waals surface area contributed by atoms with Crippen molar-refractivity contribution in [2.24, 2.45) is 0 Å². The van der Waals surface area contributed by atoms with Crippen molar-refractivity contribution in [2.75, 3.05) is 0 Å². The van der Waals surface area contributed by atoms with Crippen molar-refractivity contribution < 1.29 is 8.78 Å². The van der Waals surface area contributed by atoms with Gasteiger partial charge in [-0.3, -0.25) is 0 Å². The molecule has 8 rings (SSSR count). The third-order valence-corrected chi connectivity index (χ3v) is 10.3. The van der Waals surface area contributed by atoms with Crippen LogP contribution >= 0.6 is 0 Å². The Kier molecular flexibility index (Phi) is 4.00. The van der Waals surface area contributed by atoms with E-state index in [4.69, 9.17) is 0 Å². The van der Waals surface area contributed by atoms with Crippen molar-refractivity contribution in [1.82, 2.24) is 0 Å². The third-order valence-electron chi connectivity index (χ3n) is 7.08. The molecule has 4 aromatic rings. The average molecular weight is 495 g/mol. The van der Waals surface area contributed by atoms with Crippen LogP contribution in [0.1, 0.15) is 39.3 Å². The van der Waals surface area contributed by atoms with Crippen molar-refractivity contribution >= 4 is 25.0 Å². The molecule has 0 saturated heterocycles. The number of halogens is 2. The number of hydrogen-bond acceptors (Lipinski definition) is 0. The van der Waals surface area contributed by atoms with Crippen molar-refractivity contribution in [3.63, 3.8) is 0 Å². The van der Waals surface area contributed by atoms with E-state index in [1.807, 2.05) is 24.3 Å². The minimum atomic E-state index is -0.234. The summed E-state index contributed by atoms with van der Waals surface area (Å²) in [5.41, 5.74) is 10.2.